The standard InChI is InChI=1S/C22H21FN4O/c23-19-3-1-15(2-4-19)10-26-11-16-7-17(13-26)21-6-5-20(22(28)27(21)12-16)18-8-24-14-25-9-18/h1-6,8-9,14,16-17H,7,10-13H2/t16-,17+/m0/s1. The van der Waals surface area contributed by atoms with E-state index in [0.717, 1.165) is 49.4 Å². The predicted molar refractivity (Wildman–Crippen MR) is 104 cm³/mol. The second kappa shape index (κ2) is 6.95. The summed E-state index contributed by atoms with van der Waals surface area (Å²) in [7, 11) is 0. The zero-order chi connectivity index (χ0) is 19.1. The topological polar surface area (TPSA) is 51.0 Å². The van der Waals surface area contributed by atoms with E-state index in [1.807, 2.05) is 22.8 Å². The van der Waals surface area contributed by atoms with E-state index in [1.165, 1.54) is 18.5 Å². The van der Waals surface area contributed by atoms with Crippen LogP contribution >= 0.6 is 0 Å². The quantitative estimate of drug-likeness (QED) is 0.705. The Balaban J connectivity index is 1.42. The van der Waals surface area contributed by atoms with E-state index in [-0.39, 0.29) is 11.4 Å². The Morgan fingerprint density at radius 2 is 1.79 bits per heavy atom. The van der Waals surface area contributed by atoms with E-state index in [9.17, 15) is 9.18 Å². The Labute approximate surface area is 162 Å². The molecule has 2 aromatic heterocycles. The van der Waals surface area contributed by atoms with Crippen molar-refractivity contribution in [3.63, 3.8) is 0 Å². The molecule has 0 N–H and O–H groups in total. The average molecular weight is 376 g/mol. The molecule has 0 radical (unpaired) electrons. The fourth-order valence-electron chi connectivity index (χ4n) is 4.68. The lowest BCUT2D eigenvalue weighted by atomic mass is 9.82. The molecule has 6 heteroatoms. The van der Waals surface area contributed by atoms with Gasteiger partial charge in [0, 0.05) is 55.7 Å². The normalized spacial score (nSPS) is 21.3. The van der Waals surface area contributed by atoms with Crippen molar-refractivity contribution in [2.24, 2.45) is 5.92 Å². The number of piperidine rings is 1. The van der Waals surface area contributed by atoms with Crippen molar-refractivity contribution in [1.82, 2.24) is 19.4 Å². The summed E-state index contributed by atoms with van der Waals surface area (Å²) in [5, 5.41) is 0. The molecule has 0 unspecified atom stereocenters. The monoisotopic (exact) mass is 376 g/mol. The smallest absolute Gasteiger partial charge is 0.258 e. The first-order valence-electron chi connectivity index (χ1n) is 9.63. The maximum atomic E-state index is 13.2. The van der Waals surface area contributed by atoms with Gasteiger partial charge in [-0.25, -0.2) is 14.4 Å². The maximum absolute atomic E-state index is 13.2. The minimum absolute atomic E-state index is 0.0500. The maximum Gasteiger partial charge on any atom is 0.258 e. The number of pyridine rings is 1. The van der Waals surface area contributed by atoms with E-state index in [0.29, 0.717) is 17.4 Å². The van der Waals surface area contributed by atoms with Gasteiger partial charge >= 0.3 is 0 Å². The molecule has 2 bridgehead atoms. The second-order valence-corrected chi connectivity index (χ2v) is 7.83. The van der Waals surface area contributed by atoms with Gasteiger partial charge in [0.05, 0.1) is 5.56 Å². The number of hydrogen-bond donors (Lipinski definition) is 0. The summed E-state index contributed by atoms with van der Waals surface area (Å²) in [6.45, 7) is 3.43. The van der Waals surface area contributed by atoms with Gasteiger partial charge in [-0.05, 0) is 42.2 Å². The fourth-order valence-corrected chi connectivity index (χ4v) is 4.68. The minimum atomic E-state index is -0.202. The molecule has 2 atom stereocenters. The summed E-state index contributed by atoms with van der Waals surface area (Å²) in [5.74, 6) is 0.598. The van der Waals surface area contributed by atoms with Crippen LogP contribution in [0.1, 0.15) is 23.6 Å². The minimum Gasteiger partial charge on any atom is -0.311 e. The van der Waals surface area contributed by atoms with Gasteiger partial charge in [-0.2, -0.15) is 0 Å². The predicted octanol–water partition coefficient (Wildman–Crippen LogP) is 3.06. The molecule has 2 aliphatic rings. The van der Waals surface area contributed by atoms with E-state index < -0.39 is 0 Å². The summed E-state index contributed by atoms with van der Waals surface area (Å²) in [4.78, 5) is 23.6. The lowest BCUT2D eigenvalue weighted by Crippen LogP contribution is -2.46. The summed E-state index contributed by atoms with van der Waals surface area (Å²) in [6, 6.07) is 10.7. The van der Waals surface area contributed by atoms with E-state index in [2.05, 4.69) is 20.9 Å². The Morgan fingerprint density at radius 1 is 1.00 bits per heavy atom. The fraction of sp³-hybridized carbons (Fsp3) is 0.318. The van der Waals surface area contributed by atoms with Crippen molar-refractivity contribution in [3.05, 3.63) is 82.5 Å². The molecule has 5 rings (SSSR count). The van der Waals surface area contributed by atoms with Gasteiger partial charge in [0.15, 0.2) is 0 Å². The van der Waals surface area contributed by atoms with Gasteiger partial charge in [-0.1, -0.05) is 12.1 Å². The second-order valence-electron chi connectivity index (χ2n) is 7.83. The number of aromatic nitrogens is 3. The summed E-state index contributed by atoms with van der Waals surface area (Å²) in [5.41, 5.74) is 3.71. The number of nitrogens with zero attached hydrogens (tertiary/aromatic N) is 4. The highest BCUT2D eigenvalue weighted by molar-refractivity contribution is 5.60. The Hall–Kier alpha value is -2.86. The van der Waals surface area contributed by atoms with Crippen LogP contribution in [-0.2, 0) is 13.1 Å². The number of likely N-dealkylation sites (tertiary alicyclic amines) is 1. The molecular formula is C22H21FN4O. The number of benzene rings is 1. The molecule has 5 nitrogen and oxygen atoms in total. The van der Waals surface area contributed by atoms with E-state index >= 15 is 0 Å². The highest BCUT2D eigenvalue weighted by Gasteiger charge is 2.34. The molecular weight excluding hydrogens is 355 g/mol. The number of rotatable bonds is 3. The molecule has 1 aromatic carbocycles. The van der Waals surface area contributed by atoms with Crippen LogP contribution in [0.3, 0.4) is 0 Å². The van der Waals surface area contributed by atoms with Crippen molar-refractivity contribution >= 4 is 0 Å². The first-order valence-corrected chi connectivity index (χ1v) is 9.63. The Bertz CT molecular complexity index is 1050. The Morgan fingerprint density at radius 3 is 2.57 bits per heavy atom. The molecule has 4 heterocycles. The van der Waals surface area contributed by atoms with Gasteiger partial charge < -0.3 is 4.57 Å². The van der Waals surface area contributed by atoms with Crippen molar-refractivity contribution in [3.8, 4) is 11.1 Å². The van der Waals surface area contributed by atoms with Crippen LogP contribution in [0.15, 0.2) is 59.9 Å². The first kappa shape index (κ1) is 17.3. The van der Waals surface area contributed by atoms with Gasteiger partial charge in [0.1, 0.15) is 12.1 Å². The summed E-state index contributed by atoms with van der Waals surface area (Å²) in [6.07, 6.45) is 5.96. The molecule has 0 amide bonds. The van der Waals surface area contributed by atoms with Gasteiger partial charge in [-0.15, -0.1) is 0 Å². The molecule has 0 saturated carbocycles. The lowest BCUT2D eigenvalue weighted by molar-refractivity contribution is 0.114. The van der Waals surface area contributed by atoms with E-state index in [4.69, 9.17) is 0 Å². The zero-order valence-corrected chi connectivity index (χ0v) is 15.5. The molecule has 142 valence electrons. The van der Waals surface area contributed by atoms with Crippen LogP contribution in [0, 0.1) is 11.7 Å². The summed E-state index contributed by atoms with van der Waals surface area (Å²) < 4.78 is 15.1. The third-order valence-corrected chi connectivity index (χ3v) is 5.87. The average Bonchev–Trinajstić information content (AvgIpc) is 2.71. The molecule has 0 spiro atoms. The van der Waals surface area contributed by atoms with Gasteiger partial charge in [0.2, 0.25) is 0 Å². The molecule has 1 fully saturated rings. The number of hydrogen-bond acceptors (Lipinski definition) is 4. The molecule has 28 heavy (non-hydrogen) atoms. The molecule has 0 aliphatic carbocycles. The van der Waals surface area contributed by atoms with Gasteiger partial charge in [-0.3, -0.25) is 9.69 Å². The number of fused-ring (bicyclic) bond motifs is 4. The molecule has 3 aromatic rings. The van der Waals surface area contributed by atoms with Gasteiger partial charge in [0.25, 0.3) is 5.56 Å². The Kier molecular flexibility index (Phi) is 4.28. The summed E-state index contributed by atoms with van der Waals surface area (Å²) >= 11 is 0. The van der Waals surface area contributed by atoms with Crippen molar-refractivity contribution < 1.29 is 4.39 Å². The third kappa shape index (κ3) is 3.14. The van der Waals surface area contributed by atoms with Crippen molar-refractivity contribution in [1.29, 1.82) is 0 Å². The van der Waals surface area contributed by atoms with Crippen LogP contribution in [0.5, 0.6) is 0 Å². The number of halogens is 1. The SMILES string of the molecule is O=c1c(-c2cncnc2)ccc2n1C[C@H]1C[C@@H]2CN(Cc2ccc(F)cc2)C1. The van der Waals surface area contributed by atoms with Crippen LogP contribution in [0.2, 0.25) is 0 Å². The van der Waals surface area contributed by atoms with Crippen LogP contribution < -0.4 is 5.56 Å². The van der Waals surface area contributed by atoms with Crippen molar-refractivity contribution in [2.45, 2.75) is 25.4 Å². The van der Waals surface area contributed by atoms with E-state index in [1.54, 1.807) is 12.4 Å². The van der Waals surface area contributed by atoms with Crippen LogP contribution in [0.4, 0.5) is 4.39 Å². The highest BCUT2D eigenvalue weighted by atomic mass is 19.1. The highest BCUT2D eigenvalue weighted by Crippen LogP contribution is 2.36. The molecule has 1 saturated heterocycles. The lowest BCUT2D eigenvalue weighted by Gasteiger charge is -2.43. The third-order valence-electron chi connectivity index (χ3n) is 5.87. The van der Waals surface area contributed by atoms with Crippen molar-refractivity contribution in [2.75, 3.05) is 13.1 Å². The largest absolute Gasteiger partial charge is 0.311 e. The van der Waals surface area contributed by atoms with Crippen LogP contribution in [0.25, 0.3) is 11.1 Å². The zero-order valence-electron chi connectivity index (χ0n) is 15.5. The first-order chi connectivity index (χ1) is 13.7. The molecule has 2 aliphatic heterocycles. The van der Waals surface area contributed by atoms with Crippen LogP contribution in [-0.4, -0.2) is 32.5 Å².